The molecule has 1 amide bonds. The van der Waals surface area contributed by atoms with Crippen molar-refractivity contribution >= 4 is 6.09 Å². The average Bonchev–Trinajstić information content (AvgIpc) is 3.34. The third-order valence-electron chi connectivity index (χ3n) is 4.86. The van der Waals surface area contributed by atoms with Gasteiger partial charge < -0.3 is 14.7 Å². The molecule has 1 aliphatic heterocycles. The number of hydrogen-bond acceptors (Lipinski definition) is 4. The number of ether oxygens (including phenoxy) is 1. The van der Waals surface area contributed by atoms with Gasteiger partial charge in [-0.1, -0.05) is 48.5 Å². The molecule has 1 saturated heterocycles. The molecule has 0 spiro atoms. The lowest BCUT2D eigenvalue weighted by Gasteiger charge is -2.30. The fraction of sp³-hybridized carbons (Fsp3) is 0.304. The van der Waals surface area contributed by atoms with E-state index in [1.54, 1.807) is 11.1 Å². The van der Waals surface area contributed by atoms with E-state index in [9.17, 15) is 4.79 Å². The van der Waals surface area contributed by atoms with Gasteiger partial charge in [-0.3, -0.25) is 0 Å². The van der Waals surface area contributed by atoms with E-state index in [0.717, 1.165) is 24.1 Å². The van der Waals surface area contributed by atoms with Crippen molar-refractivity contribution in [2.75, 3.05) is 19.7 Å². The van der Waals surface area contributed by atoms with Crippen LogP contribution in [0.15, 0.2) is 79.1 Å². The van der Waals surface area contributed by atoms with Crippen molar-refractivity contribution < 1.29 is 14.6 Å². The molecule has 6 heteroatoms. The van der Waals surface area contributed by atoms with Crippen molar-refractivity contribution in [1.29, 1.82) is 0 Å². The normalized spacial score (nSPS) is 14.0. The molecule has 0 atom stereocenters. The van der Waals surface area contributed by atoms with Gasteiger partial charge in [0.1, 0.15) is 6.61 Å². The fourth-order valence-electron chi connectivity index (χ4n) is 3.11. The van der Waals surface area contributed by atoms with E-state index in [4.69, 9.17) is 9.84 Å². The Bertz CT molecular complexity index is 830. The SMILES string of the molecule is O=C(OCc1ccccc1)N1CCC(CO)CC1.c1ccc(-n2cccn2)cc1. The molecule has 0 aliphatic carbocycles. The summed E-state index contributed by atoms with van der Waals surface area (Å²) in [6.45, 7) is 1.89. The van der Waals surface area contributed by atoms with E-state index in [0.29, 0.717) is 25.6 Å². The highest BCUT2D eigenvalue weighted by molar-refractivity contribution is 5.67. The Morgan fingerprint density at radius 3 is 2.24 bits per heavy atom. The molecule has 29 heavy (non-hydrogen) atoms. The zero-order valence-electron chi connectivity index (χ0n) is 16.4. The van der Waals surface area contributed by atoms with Crippen LogP contribution in [0.25, 0.3) is 5.69 Å². The summed E-state index contributed by atoms with van der Waals surface area (Å²) in [5, 5.41) is 13.1. The van der Waals surface area contributed by atoms with Crippen LogP contribution in [-0.2, 0) is 11.3 Å². The van der Waals surface area contributed by atoms with Crippen molar-refractivity contribution in [3.8, 4) is 5.69 Å². The molecule has 0 radical (unpaired) electrons. The molecule has 6 nitrogen and oxygen atoms in total. The van der Waals surface area contributed by atoms with Crippen molar-refractivity contribution in [1.82, 2.24) is 14.7 Å². The maximum atomic E-state index is 11.8. The highest BCUT2D eigenvalue weighted by Gasteiger charge is 2.23. The first-order valence-corrected chi connectivity index (χ1v) is 9.88. The van der Waals surface area contributed by atoms with Crippen LogP contribution >= 0.6 is 0 Å². The van der Waals surface area contributed by atoms with Crippen molar-refractivity contribution in [2.24, 2.45) is 5.92 Å². The van der Waals surface area contributed by atoms with Gasteiger partial charge in [0.05, 0.1) is 5.69 Å². The predicted octanol–water partition coefficient (Wildman–Crippen LogP) is 3.90. The van der Waals surface area contributed by atoms with Gasteiger partial charge in [0, 0.05) is 32.1 Å². The maximum Gasteiger partial charge on any atom is 0.410 e. The lowest BCUT2D eigenvalue weighted by molar-refractivity contribution is 0.0741. The summed E-state index contributed by atoms with van der Waals surface area (Å²) in [6.07, 6.45) is 5.16. The molecule has 1 aromatic heterocycles. The summed E-state index contributed by atoms with van der Waals surface area (Å²) in [5.41, 5.74) is 2.09. The number of aliphatic hydroxyl groups excluding tert-OH is 1. The van der Waals surface area contributed by atoms with Crippen molar-refractivity contribution in [2.45, 2.75) is 19.4 Å². The Kier molecular flexibility index (Phi) is 7.83. The van der Waals surface area contributed by atoms with E-state index in [-0.39, 0.29) is 12.7 Å². The van der Waals surface area contributed by atoms with Crippen LogP contribution in [0.4, 0.5) is 4.79 Å². The molecule has 2 aromatic carbocycles. The minimum atomic E-state index is -0.254. The number of nitrogens with zero attached hydrogens (tertiary/aromatic N) is 3. The Hall–Kier alpha value is -3.12. The highest BCUT2D eigenvalue weighted by atomic mass is 16.6. The quantitative estimate of drug-likeness (QED) is 0.730. The number of piperidine rings is 1. The largest absolute Gasteiger partial charge is 0.445 e. The van der Waals surface area contributed by atoms with Crippen molar-refractivity contribution in [3.05, 3.63) is 84.7 Å². The summed E-state index contributed by atoms with van der Waals surface area (Å²) < 4.78 is 7.09. The van der Waals surface area contributed by atoms with Crippen LogP contribution in [0.5, 0.6) is 0 Å². The van der Waals surface area contributed by atoms with Crippen LogP contribution in [-0.4, -0.2) is 45.6 Å². The molecular formula is C23H27N3O3. The molecule has 1 N–H and O–H groups in total. The van der Waals surface area contributed by atoms with Crippen LogP contribution in [0, 0.1) is 5.92 Å². The number of amides is 1. The van der Waals surface area contributed by atoms with Crippen LogP contribution < -0.4 is 0 Å². The zero-order valence-corrected chi connectivity index (χ0v) is 16.4. The number of rotatable bonds is 4. The first kappa shape index (κ1) is 20.6. The number of aromatic nitrogens is 2. The molecule has 152 valence electrons. The van der Waals surface area contributed by atoms with Gasteiger partial charge in [-0.05, 0) is 42.5 Å². The lowest BCUT2D eigenvalue weighted by atomic mass is 9.98. The highest BCUT2D eigenvalue weighted by Crippen LogP contribution is 2.17. The molecule has 1 aliphatic rings. The Morgan fingerprint density at radius 1 is 1.00 bits per heavy atom. The number of para-hydroxylation sites is 1. The predicted molar refractivity (Wildman–Crippen MR) is 112 cm³/mol. The van der Waals surface area contributed by atoms with Crippen molar-refractivity contribution in [3.63, 3.8) is 0 Å². The number of likely N-dealkylation sites (tertiary alicyclic amines) is 1. The number of aliphatic hydroxyl groups is 1. The standard InChI is InChI=1S/C14H19NO3.C9H8N2/c16-10-12-6-8-15(9-7-12)14(17)18-11-13-4-2-1-3-5-13;1-2-5-9(6-3-1)11-8-4-7-10-11/h1-5,12,16H,6-11H2;1-8H. The monoisotopic (exact) mass is 393 g/mol. The number of hydrogen-bond donors (Lipinski definition) is 1. The lowest BCUT2D eigenvalue weighted by Crippen LogP contribution is -2.39. The van der Waals surface area contributed by atoms with Gasteiger partial charge >= 0.3 is 6.09 Å². The van der Waals surface area contributed by atoms with E-state index in [1.807, 2.05) is 77.6 Å². The molecule has 0 saturated carbocycles. The van der Waals surface area contributed by atoms with Gasteiger partial charge in [0.15, 0.2) is 0 Å². The number of benzene rings is 2. The molecule has 1 fully saturated rings. The topological polar surface area (TPSA) is 67.6 Å². The minimum absolute atomic E-state index is 0.215. The Morgan fingerprint density at radius 2 is 1.66 bits per heavy atom. The Balaban J connectivity index is 0.000000186. The van der Waals surface area contributed by atoms with Crippen LogP contribution in [0.3, 0.4) is 0 Å². The van der Waals surface area contributed by atoms with Gasteiger partial charge in [0.25, 0.3) is 0 Å². The average molecular weight is 393 g/mol. The van der Waals surface area contributed by atoms with Gasteiger partial charge in [-0.15, -0.1) is 0 Å². The summed E-state index contributed by atoms with van der Waals surface area (Å²) >= 11 is 0. The summed E-state index contributed by atoms with van der Waals surface area (Å²) in [4.78, 5) is 13.5. The molecule has 0 unspecified atom stereocenters. The fourth-order valence-corrected chi connectivity index (χ4v) is 3.11. The first-order chi connectivity index (χ1) is 14.3. The molecular weight excluding hydrogens is 366 g/mol. The van der Waals surface area contributed by atoms with Gasteiger partial charge in [0.2, 0.25) is 0 Å². The summed E-state index contributed by atoms with van der Waals surface area (Å²) in [7, 11) is 0. The molecule has 4 rings (SSSR count). The van der Waals surface area contributed by atoms with Crippen LogP contribution in [0.1, 0.15) is 18.4 Å². The van der Waals surface area contributed by atoms with Gasteiger partial charge in [-0.2, -0.15) is 5.10 Å². The first-order valence-electron chi connectivity index (χ1n) is 9.88. The molecule has 0 bridgehead atoms. The second-order valence-electron chi connectivity index (χ2n) is 6.94. The van der Waals surface area contributed by atoms with Gasteiger partial charge in [-0.25, -0.2) is 9.48 Å². The molecule has 3 aromatic rings. The van der Waals surface area contributed by atoms with Crippen LogP contribution in [0.2, 0.25) is 0 Å². The third-order valence-corrected chi connectivity index (χ3v) is 4.86. The third kappa shape index (κ3) is 6.47. The van der Waals surface area contributed by atoms with E-state index >= 15 is 0 Å². The smallest absolute Gasteiger partial charge is 0.410 e. The summed E-state index contributed by atoms with van der Waals surface area (Å²) in [6, 6.07) is 21.6. The number of carbonyl (C=O) groups excluding carboxylic acids is 1. The second kappa shape index (κ2) is 11.0. The van der Waals surface area contributed by atoms with E-state index in [1.165, 1.54) is 0 Å². The minimum Gasteiger partial charge on any atom is -0.445 e. The summed E-state index contributed by atoms with van der Waals surface area (Å²) in [5.74, 6) is 0.336. The van der Waals surface area contributed by atoms with E-state index in [2.05, 4.69) is 5.10 Å². The second-order valence-corrected chi connectivity index (χ2v) is 6.94. The Labute approximate surface area is 171 Å². The number of carbonyl (C=O) groups is 1. The zero-order chi connectivity index (χ0) is 20.3. The molecule has 2 heterocycles. The van der Waals surface area contributed by atoms with E-state index < -0.39 is 0 Å². The maximum absolute atomic E-state index is 11.8.